The number of amides is 1. The van der Waals surface area contributed by atoms with Gasteiger partial charge in [0.25, 0.3) is 5.91 Å². The van der Waals surface area contributed by atoms with Crippen LogP contribution in [0, 0.1) is 0 Å². The second-order valence-electron chi connectivity index (χ2n) is 8.79. The van der Waals surface area contributed by atoms with E-state index in [1.54, 1.807) is 0 Å². The van der Waals surface area contributed by atoms with Gasteiger partial charge in [-0.25, -0.2) is 4.99 Å². The average molecular weight is 456 g/mol. The number of aromatic nitrogens is 1. The number of fused-ring (bicyclic) bond motifs is 1. The molecule has 1 aliphatic heterocycles. The Hall–Kier alpha value is -3.53. The fourth-order valence-corrected chi connectivity index (χ4v) is 3.90. The normalized spacial score (nSPS) is 19.0. The highest BCUT2D eigenvalue weighted by molar-refractivity contribution is 6.02. The SMILES string of the molecule is COC1=NC(N(C)C)NC(OC)=C1NC(=O)c1coc(Oc2ccc3c(c2)C(C)(C)CC3)n1. The molecule has 1 amide bonds. The van der Waals surface area contributed by atoms with Crippen LogP contribution in [0.4, 0.5) is 0 Å². The van der Waals surface area contributed by atoms with Gasteiger partial charge in [-0.3, -0.25) is 9.69 Å². The summed E-state index contributed by atoms with van der Waals surface area (Å²) in [4.78, 5) is 23.2. The molecule has 2 aromatic rings. The molecule has 1 aromatic heterocycles. The van der Waals surface area contributed by atoms with Crippen LogP contribution in [0.3, 0.4) is 0 Å². The van der Waals surface area contributed by atoms with Gasteiger partial charge in [-0.15, -0.1) is 0 Å². The summed E-state index contributed by atoms with van der Waals surface area (Å²) in [6, 6.07) is 5.96. The van der Waals surface area contributed by atoms with E-state index in [1.165, 1.54) is 31.6 Å². The first kappa shape index (κ1) is 22.7. The Morgan fingerprint density at radius 2 is 2.06 bits per heavy atom. The number of carbonyl (C=O) groups is 1. The van der Waals surface area contributed by atoms with Crippen LogP contribution < -0.4 is 15.4 Å². The molecule has 0 saturated carbocycles. The zero-order valence-electron chi connectivity index (χ0n) is 19.7. The first-order chi connectivity index (χ1) is 15.7. The highest BCUT2D eigenvalue weighted by atomic mass is 16.6. The van der Waals surface area contributed by atoms with Gasteiger partial charge in [0.05, 0.1) is 14.2 Å². The Balaban J connectivity index is 1.49. The van der Waals surface area contributed by atoms with E-state index in [4.69, 9.17) is 18.6 Å². The van der Waals surface area contributed by atoms with Crippen LogP contribution in [0.15, 0.2) is 45.5 Å². The number of aliphatic imine (C=N–C) groups is 1. The quantitative estimate of drug-likeness (QED) is 0.684. The minimum Gasteiger partial charge on any atom is -0.481 e. The summed E-state index contributed by atoms with van der Waals surface area (Å²) < 4.78 is 21.9. The highest BCUT2D eigenvalue weighted by Gasteiger charge is 2.31. The summed E-state index contributed by atoms with van der Waals surface area (Å²) in [5, 5.41) is 5.79. The zero-order valence-corrected chi connectivity index (χ0v) is 19.7. The topological polar surface area (TPSA) is 110 Å². The molecule has 1 aromatic carbocycles. The molecule has 2 aliphatic rings. The van der Waals surface area contributed by atoms with Crippen molar-refractivity contribution >= 4 is 11.8 Å². The molecule has 10 heteroatoms. The smallest absolute Gasteiger partial charge is 0.399 e. The van der Waals surface area contributed by atoms with Crippen molar-refractivity contribution in [2.45, 2.75) is 38.4 Å². The van der Waals surface area contributed by atoms with Crippen molar-refractivity contribution in [1.29, 1.82) is 0 Å². The summed E-state index contributed by atoms with van der Waals surface area (Å²) >= 11 is 0. The van der Waals surface area contributed by atoms with Crippen LogP contribution in [0.5, 0.6) is 11.8 Å². The molecule has 0 saturated heterocycles. The van der Waals surface area contributed by atoms with Crippen LogP contribution in [-0.2, 0) is 21.3 Å². The van der Waals surface area contributed by atoms with Gasteiger partial charge >= 0.3 is 6.08 Å². The molecular weight excluding hydrogens is 426 g/mol. The third kappa shape index (κ3) is 4.51. The molecule has 1 unspecified atom stereocenters. The fourth-order valence-electron chi connectivity index (χ4n) is 3.90. The summed E-state index contributed by atoms with van der Waals surface area (Å²) in [5.74, 6) is 0.623. The molecule has 33 heavy (non-hydrogen) atoms. The molecular formula is C23H29N5O5. The number of aryl methyl sites for hydroxylation is 1. The van der Waals surface area contributed by atoms with Gasteiger partial charge in [-0.1, -0.05) is 19.9 Å². The number of hydrogen-bond acceptors (Lipinski definition) is 9. The van der Waals surface area contributed by atoms with E-state index < -0.39 is 12.2 Å². The lowest BCUT2D eigenvalue weighted by molar-refractivity contribution is 0.0954. The first-order valence-electron chi connectivity index (χ1n) is 10.6. The lowest BCUT2D eigenvalue weighted by Crippen LogP contribution is -2.47. The number of hydrogen-bond donors (Lipinski definition) is 2. The largest absolute Gasteiger partial charge is 0.481 e. The maximum Gasteiger partial charge on any atom is 0.399 e. The van der Waals surface area contributed by atoms with Crippen molar-refractivity contribution in [3.8, 4) is 11.8 Å². The van der Waals surface area contributed by atoms with Crippen molar-refractivity contribution < 1.29 is 23.4 Å². The number of methoxy groups -OCH3 is 2. The van der Waals surface area contributed by atoms with Gasteiger partial charge < -0.3 is 29.3 Å². The van der Waals surface area contributed by atoms with Crippen LogP contribution >= 0.6 is 0 Å². The van der Waals surface area contributed by atoms with E-state index in [0.29, 0.717) is 11.6 Å². The fraction of sp³-hybridized carbons (Fsp3) is 0.435. The molecule has 10 nitrogen and oxygen atoms in total. The predicted molar refractivity (Wildman–Crippen MR) is 121 cm³/mol. The lowest BCUT2D eigenvalue weighted by atomic mass is 9.86. The Morgan fingerprint density at radius 3 is 2.76 bits per heavy atom. The second-order valence-corrected chi connectivity index (χ2v) is 8.79. The minimum absolute atomic E-state index is 0.0214. The zero-order chi connectivity index (χ0) is 23.8. The van der Waals surface area contributed by atoms with Crippen LogP contribution in [0.25, 0.3) is 0 Å². The van der Waals surface area contributed by atoms with E-state index in [-0.39, 0.29) is 28.8 Å². The summed E-state index contributed by atoms with van der Waals surface area (Å²) in [7, 11) is 6.66. The summed E-state index contributed by atoms with van der Waals surface area (Å²) in [5.41, 5.74) is 2.99. The molecule has 1 aliphatic carbocycles. The molecule has 0 fully saturated rings. The molecule has 2 heterocycles. The predicted octanol–water partition coefficient (Wildman–Crippen LogP) is 2.73. The van der Waals surface area contributed by atoms with Crippen molar-refractivity contribution in [3.05, 3.63) is 52.9 Å². The van der Waals surface area contributed by atoms with Gasteiger partial charge in [-0.05, 0) is 55.6 Å². The van der Waals surface area contributed by atoms with Gasteiger partial charge in [0.15, 0.2) is 17.7 Å². The Kier molecular flexibility index (Phi) is 6.03. The molecule has 1 atom stereocenters. The molecule has 2 N–H and O–H groups in total. The number of nitrogens with zero attached hydrogens (tertiary/aromatic N) is 3. The van der Waals surface area contributed by atoms with E-state index in [2.05, 4.69) is 40.5 Å². The number of oxazole rings is 1. The molecule has 0 bridgehead atoms. The average Bonchev–Trinajstić information content (AvgIpc) is 3.38. The van der Waals surface area contributed by atoms with Crippen molar-refractivity contribution in [2.24, 2.45) is 4.99 Å². The number of ether oxygens (including phenoxy) is 3. The van der Waals surface area contributed by atoms with Crippen molar-refractivity contribution in [1.82, 2.24) is 20.5 Å². The maximum absolute atomic E-state index is 12.8. The number of nitrogens with one attached hydrogen (secondary N) is 2. The number of carbonyl (C=O) groups excluding carboxylic acids is 1. The van der Waals surface area contributed by atoms with Gasteiger partial charge in [0.1, 0.15) is 12.0 Å². The van der Waals surface area contributed by atoms with Gasteiger partial charge in [0, 0.05) is 0 Å². The second kappa shape index (κ2) is 8.78. The number of rotatable bonds is 6. The van der Waals surface area contributed by atoms with E-state index in [1.807, 2.05) is 31.1 Å². The van der Waals surface area contributed by atoms with Gasteiger partial charge in [-0.2, -0.15) is 4.98 Å². The monoisotopic (exact) mass is 455 g/mol. The molecule has 0 radical (unpaired) electrons. The lowest BCUT2D eigenvalue weighted by Gasteiger charge is -2.29. The van der Waals surface area contributed by atoms with E-state index >= 15 is 0 Å². The van der Waals surface area contributed by atoms with Crippen molar-refractivity contribution in [2.75, 3.05) is 28.3 Å². The third-order valence-electron chi connectivity index (χ3n) is 5.82. The molecule has 176 valence electrons. The van der Waals surface area contributed by atoms with Crippen LogP contribution in [-0.4, -0.2) is 56.3 Å². The Morgan fingerprint density at radius 1 is 1.27 bits per heavy atom. The molecule has 4 rings (SSSR count). The van der Waals surface area contributed by atoms with Crippen molar-refractivity contribution in [3.63, 3.8) is 0 Å². The van der Waals surface area contributed by atoms with E-state index in [0.717, 1.165) is 12.8 Å². The van der Waals surface area contributed by atoms with E-state index in [9.17, 15) is 4.79 Å². The first-order valence-corrected chi connectivity index (χ1v) is 10.6. The number of benzene rings is 1. The van der Waals surface area contributed by atoms with Gasteiger partial charge in [0.2, 0.25) is 11.8 Å². The molecule has 0 spiro atoms. The Labute approximate surface area is 192 Å². The summed E-state index contributed by atoms with van der Waals surface area (Å²) in [6.45, 7) is 4.44. The Bertz CT molecular complexity index is 1120. The van der Waals surface area contributed by atoms with Crippen LogP contribution in [0.1, 0.15) is 41.9 Å². The third-order valence-corrected chi connectivity index (χ3v) is 5.82. The highest BCUT2D eigenvalue weighted by Crippen LogP contribution is 2.40. The van der Waals surface area contributed by atoms with Crippen LogP contribution in [0.2, 0.25) is 0 Å². The minimum atomic E-state index is -0.525. The maximum atomic E-state index is 12.8. The standard InChI is InChI=1S/C23H29N5O5/c1-23(2)10-9-13-7-8-14(11-15(13)23)33-22-24-16(12-32-22)18(29)25-17-19(30-5)26-21(28(3)4)27-20(17)31-6/h7-8,11-12,21,26H,9-10H2,1-6H3,(H,25,29). The summed E-state index contributed by atoms with van der Waals surface area (Å²) in [6.07, 6.45) is 2.97.